The Balaban J connectivity index is 2.11. The summed E-state index contributed by atoms with van der Waals surface area (Å²) in [4.78, 5) is 6.70. The predicted molar refractivity (Wildman–Crippen MR) is 65.5 cm³/mol. The number of hydrogen-bond donors (Lipinski definition) is 1. The van der Waals surface area contributed by atoms with Crippen molar-refractivity contribution >= 4 is 5.82 Å². The van der Waals surface area contributed by atoms with Gasteiger partial charge in [-0.3, -0.25) is 0 Å². The van der Waals surface area contributed by atoms with Crippen LogP contribution >= 0.6 is 0 Å². The summed E-state index contributed by atoms with van der Waals surface area (Å²) in [6, 6.07) is 3.88. The third kappa shape index (κ3) is 2.53. The number of piperidine rings is 1. The van der Waals surface area contributed by atoms with E-state index in [-0.39, 0.29) is 0 Å². The Morgan fingerprint density at radius 2 is 2.12 bits per heavy atom. The van der Waals surface area contributed by atoms with E-state index in [1.54, 1.807) is 13.1 Å². The maximum absolute atomic E-state index is 9.54. The van der Waals surface area contributed by atoms with Crippen LogP contribution in [0.2, 0.25) is 0 Å². The van der Waals surface area contributed by atoms with Crippen LogP contribution in [0.5, 0.6) is 0 Å². The van der Waals surface area contributed by atoms with Crippen molar-refractivity contribution in [1.29, 1.82) is 0 Å². The summed E-state index contributed by atoms with van der Waals surface area (Å²) >= 11 is 0. The van der Waals surface area contributed by atoms with Crippen molar-refractivity contribution in [3.05, 3.63) is 23.9 Å². The Hall–Kier alpha value is -1.09. The fraction of sp³-hybridized carbons (Fsp3) is 0.615. The lowest BCUT2D eigenvalue weighted by Crippen LogP contribution is -2.33. The summed E-state index contributed by atoms with van der Waals surface area (Å²) in [6.45, 7) is 6.25. The molecule has 16 heavy (non-hydrogen) atoms. The van der Waals surface area contributed by atoms with E-state index in [0.717, 1.165) is 30.4 Å². The molecule has 1 fully saturated rings. The third-order valence-corrected chi connectivity index (χ3v) is 3.36. The van der Waals surface area contributed by atoms with E-state index < -0.39 is 6.10 Å². The van der Waals surface area contributed by atoms with E-state index in [2.05, 4.69) is 16.8 Å². The van der Waals surface area contributed by atoms with Gasteiger partial charge in [-0.05, 0) is 43.4 Å². The Kier molecular flexibility index (Phi) is 3.44. The first kappa shape index (κ1) is 11.4. The number of pyridine rings is 1. The quantitative estimate of drug-likeness (QED) is 0.831. The molecule has 0 amide bonds. The first-order valence-corrected chi connectivity index (χ1v) is 6.06. The monoisotopic (exact) mass is 220 g/mol. The fourth-order valence-corrected chi connectivity index (χ4v) is 2.10. The van der Waals surface area contributed by atoms with Gasteiger partial charge >= 0.3 is 0 Å². The predicted octanol–water partition coefficient (Wildman–Crippen LogP) is 2.37. The lowest BCUT2D eigenvalue weighted by atomic mass is 9.99. The normalized spacial score (nSPS) is 19.8. The Morgan fingerprint density at radius 1 is 1.44 bits per heavy atom. The summed E-state index contributed by atoms with van der Waals surface area (Å²) in [5, 5.41) is 9.54. The van der Waals surface area contributed by atoms with Gasteiger partial charge in [0.1, 0.15) is 5.82 Å². The van der Waals surface area contributed by atoms with Crippen molar-refractivity contribution in [2.45, 2.75) is 32.8 Å². The van der Waals surface area contributed by atoms with Crippen LogP contribution < -0.4 is 4.90 Å². The zero-order valence-electron chi connectivity index (χ0n) is 10.1. The van der Waals surface area contributed by atoms with Crippen molar-refractivity contribution < 1.29 is 5.11 Å². The summed E-state index contributed by atoms with van der Waals surface area (Å²) in [6.07, 6.45) is 3.85. The molecule has 2 heterocycles. The molecule has 3 heteroatoms. The molecule has 0 spiro atoms. The Morgan fingerprint density at radius 3 is 2.75 bits per heavy atom. The highest BCUT2D eigenvalue weighted by atomic mass is 16.3. The molecule has 88 valence electrons. The maximum atomic E-state index is 9.54. The third-order valence-electron chi connectivity index (χ3n) is 3.36. The van der Waals surface area contributed by atoms with Crippen LogP contribution in [-0.4, -0.2) is 23.2 Å². The summed E-state index contributed by atoms with van der Waals surface area (Å²) in [7, 11) is 0. The van der Waals surface area contributed by atoms with Crippen LogP contribution in [0.25, 0.3) is 0 Å². The number of aliphatic hydroxyl groups excluding tert-OH is 1. The molecule has 0 saturated carbocycles. The zero-order chi connectivity index (χ0) is 11.5. The SMILES string of the molecule is CC1CCN(c2cc([C@@H](C)O)ccn2)CC1. The minimum atomic E-state index is -0.412. The number of rotatable bonds is 2. The van der Waals surface area contributed by atoms with Crippen molar-refractivity contribution in [1.82, 2.24) is 4.98 Å². The molecule has 1 atom stereocenters. The largest absolute Gasteiger partial charge is 0.389 e. The average molecular weight is 220 g/mol. The summed E-state index contributed by atoms with van der Waals surface area (Å²) in [5.41, 5.74) is 0.948. The van der Waals surface area contributed by atoms with Gasteiger partial charge in [0.2, 0.25) is 0 Å². The molecule has 0 aromatic carbocycles. The highest BCUT2D eigenvalue weighted by Crippen LogP contribution is 2.23. The molecule has 0 unspecified atom stereocenters. The average Bonchev–Trinajstić information content (AvgIpc) is 2.30. The van der Waals surface area contributed by atoms with Gasteiger partial charge in [-0.2, -0.15) is 0 Å². The minimum absolute atomic E-state index is 0.412. The minimum Gasteiger partial charge on any atom is -0.389 e. The molecule has 1 N–H and O–H groups in total. The van der Waals surface area contributed by atoms with E-state index in [4.69, 9.17) is 0 Å². The van der Waals surface area contributed by atoms with Crippen molar-refractivity contribution in [2.75, 3.05) is 18.0 Å². The first-order valence-electron chi connectivity index (χ1n) is 6.06. The Bertz CT molecular complexity index is 344. The summed E-state index contributed by atoms with van der Waals surface area (Å²) < 4.78 is 0. The van der Waals surface area contributed by atoms with Gasteiger partial charge in [-0.1, -0.05) is 6.92 Å². The number of aliphatic hydroxyl groups is 1. The maximum Gasteiger partial charge on any atom is 0.128 e. The zero-order valence-corrected chi connectivity index (χ0v) is 10.1. The van der Waals surface area contributed by atoms with E-state index >= 15 is 0 Å². The van der Waals surface area contributed by atoms with Crippen LogP contribution in [0.3, 0.4) is 0 Å². The van der Waals surface area contributed by atoms with Crippen LogP contribution in [0.15, 0.2) is 18.3 Å². The highest BCUT2D eigenvalue weighted by molar-refractivity contribution is 5.41. The number of hydrogen-bond acceptors (Lipinski definition) is 3. The molecule has 1 aromatic rings. The van der Waals surface area contributed by atoms with Crippen LogP contribution in [0, 0.1) is 5.92 Å². The topological polar surface area (TPSA) is 36.4 Å². The molecule has 2 rings (SSSR count). The van der Waals surface area contributed by atoms with E-state index in [9.17, 15) is 5.11 Å². The second kappa shape index (κ2) is 4.83. The summed E-state index contributed by atoms with van der Waals surface area (Å²) in [5.74, 6) is 1.83. The molecular weight excluding hydrogens is 200 g/mol. The molecule has 3 nitrogen and oxygen atoms in total. The fourth-order valence-electron chi connectivity index (χ4n) is 2.10. The second-order valence-electron chi connectivity index (χ2n) is 4.79. The van der Waals surface area contributed by atoms with Crippen molar-refractivity contribution in [3.63, 3.8) is 0 Å². The van der Waals surface area contributed by atoms with Gasteiger partial charge in [0, 0.05) is 19.3 Å². The molecule has 1 aromatic heterocycles. The standard InChI is InChI=1S/C13H20N2O/c1-10-4-7-15(8-5-10)13-9-12(11(2)16)3-6-14-13/h3,6,9-11,16H,4-5,7-8H2,1-2H3/t11-/m1/s1. The Labute approximate surface area is 97.1 Å². The molecular formula is C13H20N2O. The van der Waals surface area contributed by atoms with Gasteiger partial charge in [-0.25, -0.2) is 4.98 Å². The van der Waals surface area contributed by atoms with E-state index in [1.165, 1.54) is 12.8 Å². The molecule has 0 aliphatic carbocycles. The molecule has 1 saturated heterocycles. The van der Waals surface area contributed by atoms with Gasteiger partial charge in [0.05, 0.1) is 6.10 Å². The highest BCUT2D eigenvalue weighted by Gasteiger charge is 2.17. The molecule has 1 aliphatic heterocycles. The smallest absolute Gasteiger partial charge is 0.128 e. The van der Waals surface area contributed by atoms with Crippen LogP contribution in [0.4, 0.5) is 5.82 Å². The van der Waals surface area contributed by atoms with E-state index in [1.807, 2.05) is 12.1 Å². The first-order chi connectivity index (χ1) is 7.66. The van der Waals surface area contributed by atoms with Gasteiger partial charge < -0.3 is 10.0 Å². The van der Waals surface area contributed by atoms with Crippen LogP contribution in [0.1, 0.15) is 38.4 Å². The number of aromatic nitrogens is 1. The molecule has 1 aliphatic rings. The lowest BCUT2D eigenvalue weighted by molar-refractivity contribution is 0.199. The number of anilines is 1. The lowest BCUT2D eigenvalue weighted by Gasteiger charge is -2.31. The van der Waals surface area contributed by atoms with Gasteiger partial charge in [0.25, 0.3) is 0 Å². The molecule has 0 radical (unpaired) electrons. The second-order valence-corrected chi connectivity index (χ2v) is 4.79. The van der Waals surface area contributed by atoms with Gasteiger partial charge in [0.15, 0.2) is 0 Å². The van der Waals surface area contributed by atoms with Crippen molar-refractivity contribution in [3.8, 4) is 0 Å². The van der Waals surface area contributed by atoms with Crippen molar-refractivity contribution in [2.24, 2.45) is 5.92 Å². The molecule has 0 bridgehead atoms. The van der Waals surface area contributed by atoms with E-state index in [0.29, 0.717) is 0 Å². The number of nitrogens with zero attached hydrogens (tertiary/aromatic N) is 2. The van der Waals surface area contributed by atoms with Crippen LogP contribution in [-0.2, 0) is 0 Å². The van der Waals surface area contributed by atoms with Gasteiger partial charge in [-0.15, -0.1) is 0 Å².